The Morgan fingerprint density at radius 1 is 1.21 bits per heavy atom. The largest absolute Gasteiger partial charge is 0.328 e. The monoisotopic (exact) mass is 407 g/mol. The predicted molar refractivity (Wildman–Crippen MR) is 116 cm³/mol. The maximum atomic E-state index is 6.16. The van der Waals surface area contributed by atoms with Crippen LogP contribution in [0, 0.1) is 0 Å². The number of rotatable bonds is 7. The zero-order valence-corrected chi connectivity index (χ0v) is 17.1. The molecule has 148 valence electrons. The highest BCUT2D eigenvalue weighted by molar-refractivity contribution is 6.30. The molecular formula is C22H22ClN5O. The molecular weight excluding hydrogens is 386 g/mol. The molecule has 0 aliphatic rings. The first-order valence-electron chi connectivity index (χ1n) is 9.37. The van der Waals surface area contributed by atoms with Gasteiger partial charge in [0, 0.05) is 29.7 Å². The summed E-state index contributed by atoms with van der Waals surface area (Å²) < 4.78 is 4.13. The molecule has 0 saturated heterocycles. The molecule has 2 heterocycles. The average molecular weight is 408 g/mol. The Bertz CT molecular complexity index is 1180. The number of fused-ring (bicyclic) bond motifs is 1. The lowest BCUT2D eigenvalue weighted by atomic mass is 10.1. The van der Waals surface area contributed by atoms with Gasteiger partial charge in [-0.05, 0) is 43.3 Å². The van der Waals surface area contributed by atoms with Crippen LogP contribution in [0.15, 0.2) is 61.3 Å². The predicted octanol–water partition coefficient (Wildman–Crippen LogP) is 4.61. The summed E-state index contributed by atoms with van der Waals surface area (Å²) in [6, 6.07) is 15.8. The van der Waals surface area contributed by atoms with Crippen molar-refractivity contribution in [3.8, 4) is 5.69 Å². The first kappa shape index (κ1) is 19.2. The topological polar surface area (TPSA) is 56.9 Å². The Labute approximate surface area is 174 Å². The van der Waals surface area contributed by atoms with Crippen LogP contribution in [-0.2, 0) is 17.8 Å². The summed E-state index contributed by atoms with van der Waals surface area (Å²) in [5, 5.41) is 5.16. The first-order valence-corrected chi connectivity index (χ1v) is 9.74. The molecule has 0 unspecified atom stereocenters. The molecule has 6 nitrogen and oxygen atoms in total. The second-order valence-electron chi connectivity index (χ2n) is 6.65. The molecule has 0 radical (unpaired) electrons. The van der Waals surface area contributed by atoms with Gasteiger partial charge >= 0.3 is 0 Å². The Kier molecular flexibility index (Phi) is 5.38. The molecule has 0 atom stereocenters. The first-order chi connectivity index (χ1) is 14.1. The molecule has 0 aliphatic carbocycles. The van der Waals surface area contributed by atoms with Crippen molar-refractivity contribution in [3.05, 3.63) is 83.4 Å². The smallest absolute Gasteiger partial charge is 0.115 e. The van der Waals surface area contributed by atoms with Gasteiger partial charge < -0.3 is 4.57 Å². The van der Waals surface area contributed by atoms with Gasteiger partial charge in [-0.2, -0.15) is 5.10 Å². The fourth-order valence-corrected chi connectivity index (χ4v) is 3.69. The summed E-state index contributed by atoms with van der Waals surface area (Å²) in [6.45, 7) is 6.94. The SMILES string of the molecule is C=C(NOC)c1ccc2c(c1)nc(Cc1ccnn1-c1cccc(Cl)c1)n2CC. The van der Waals surface area contributed by atoms with Crippen LogP contribution in [-0.4, -0.2) is 26.4 Å². The molecule has 0 fully saturated rings. The summed E-state index contributed by atoms with van der Waals surface area (Å²) >= 11 is 6.16. The van der Waals surface area contributed by atoms with Gasteiger partial charge in [0.15, 0.2) is 0 Å². The van der Waals surface area contributed by atoms with Crippen molar-refractivity contribution in [2.75, 3.05) is 7.11 Å². The highest BCUT2D eigenvalue weighted by Gasteiger charge is 2.14. The number of nitrogens with one attached hydrogen (secondary N) is 1. The van der Waals surface area contributed by atoms with Crippen LogP contribution in [0.1, 0.15) is 24.0 Å². The summed E-state index contributed by atoms with van der Waals surface area (Å²) in [5.41, 5.74) is 8.40. The van der Waals surface area contributed by atoms with Crippen molar-refractivity contribution in [1.82, 2.24) is 24.8 Å². The number of aryl methyl sites for hydroxylation is 1. The average Bonchev–Trinajstić information content (AvgIpc) is 3.31. The van der Waals surface area contributed by atoms with Crippen LogP contribution < -0.4 is 5.48 Å². The second-order valence-corrected chi connectivity index (χ2v) is 7.09. The maximum Gasteiger partial charge on any atom is 0.115 e. The molecule has 0 amide bonds. The second kappa shape index (κ2) is 8.11. The van der Waals surface area contributed by atoms with E-state index in [0.717, 1.165) is 40.3 Å². The van der Waals surface area contributed by atoms with E-state index in [4.69, 9.17) is 21.4 Å². The highest BCUT2D eigenvalue weighted by atomic mass is 35.5. The molecule has 4 rings (SSSR count). The van der Waals surface area contributed by atoms with Crippen molar-refractivity contribution in [2.24, 2.45) is 0 Å². The van der Waals surface area contributed by atoms with E-state index in [1.807, 2.05) is 47.1 Å². The molecule has 4 aromatic rings. The number of hydrogen-bond acceptors (Lipinski definition) is 4. The molecule has 1 N–H and O–H groups in total. The van der Waals surface area contributed by atoms with Crippen LogP contribution >= 0.6 is 11.6 Å². The van der Waals surface area contributed by atoms with Gasteiger partial charge in [0.05, 0.1) is 35.2 Å². The fourth-order valence-electron chi connectivity index (χ4n) is 3.50. The Hall–Kier alpha value is -3.09. The summed E-state index contributed by atoms with van der Waals surface area (Å²) in [7, 11) is 1.57. The van der Waals surface area contributed by atoms with E-state index in [9.17, 15) is 0 Å². The number of hydrogen-bond donors (Lipinski definition) is 1. The molecule has 0 aliphatic heterocycles. The van der Waals surface area contributed by atoms with E-state index in [2.05, 4.69) is 34.7 Å². The molecule has 2 aromatic heterocycles. The number of hydroxylamine groups is 1. The Morgan fingerprint density at radius 2 is 2.07 bits per heavy atom. The van der Waals surface area contributed by atoms with Crippen molar-refractivity contribution in [1.29, 1.82) is 0 Å². The quantitative estimate of drug-likeness (QED) is 0.454. The minimum Gasteiger partial charge on any atom is -0.328 e. The number of halogens is 1. The van der Waals surface area contributed by atoms with E-state index in [0.29, 0.717) is 17.1 Å². The Morgan fingerprint density at radius 3 is 2.83 bits per heavy atom. The van der Waals surface area contributed by atoms with Crippen molar-refractivity contribution in [3.63, 3.8) is 0 Å². The van der Waals surface area contributed by atoms with E-state index in [-0.39, 0.29) is 0 Å². The van der Waals surface area contributed by atoms with Gasteiger partial charge in [0.1, 0.15) is 5.82 Å². The summed E-state index contributed by atoms with van der Waals surface area (Å²) in [4.78, 5) is 9.86. The van der Waals surface area contributed by atoms with Gasteiger partial charge in [0.25, 0.3) is 0 Å². The molecule has 2 aromatic carbocycles. The van der Waals surface area contributed by atoms with Crippen LogP contribution in [0.2, 0.25) is 5.02 Å². The minimum absolute atomic E-state index is 0.654. The lowest BCUT2D eigenvalue weighted by molar-refractivity contribution is 0.137. The van der Waals surface area contributed by atoms with Crippen LogP contribution in [0.4, 0.5) is 0 Å². The van der Waals surface area contributed by atoms with Crippen molar-refractivity contribution < 1.29 is 4.84 Å². The van der Waals surface area contributed by atoms with Crippen molar-refractivity contribution in [2.45, 2.75) is 19.9 Å². The van der Waals surface area contributed by atoms with Crippen molar-refractivity contribution >= 4 is 28.3 Å². The fraction of sp³-hybridized carbons (Fsp3) is 0.182. The van der Waals surface area contributed by atoms with Crippen LogP contribution in [0.5, 0.6) is 0 Å². The molecule has 0 spiro atoms. The van der Waals surface area contributed by atoms with Crippen LogP contribution in [0.3, 0.4) is 0 Å². The van der Waals surface area contributed by atoms with Gasteiger partial charge in [0.2, 0.25) is 0 Å². The number of imidazole rings is 1. The maximum absolute atomic E-state index is 6.16. The number of aromatic nitrogens is 4. The third kappa shape index (κ3) is 3.77. The zero-order valence-electron chi connectivity index (χ0n) is 16.4. The van der Waals surface area contributed by atoms with E-state index >= 15 is 0 Å². The molecule has 7 heteroatoms. The standard InChI is InChI=1S/C22H22ClN5O/c1-4-27-21-9-8-16(15(2)26-29-3)12-20(21)25-22(27)14-19-10-11-24-28(19)18-7-5-6-17(23)13-18/h5-13,26H,2,4,14H2,1,3H3. The van der Waals surface area contributed by atoms with E-state index in [1.54, 1.807) is 13.3 Å². The lowest BCUT2D eigenvalue weighted by Crippen LogP contribution is -2.08. The third-order valence-corrected chi connectivity index (χ3v) is 5.07. The van der Waals surface area contributed by atoms with E-state index in [1.165, 1.54) is 0 Å². The Balaban J connectivity index is 1.72. The van der Waals surface area contributed by atoms with E-state index < -0.39 is 0 Å². The lowest BCUT2D eigenvalue weighted by Gasteiger charge is -2.10. The normalized spacial score (nSPS) is 11.1. The third-order valence-electron chi connectivity index (χ3n) is 4.83. The molecule has 0 bridgehead atoms. The van der Waals surface area contributed by atoms with Gasteiger partial charge in [-0.1, -0.05) is 30.3 Å². The van der Waals surface area contributed by atoms with Gasteiger partial charge in [-0.15, -0.1) is 0 Å². The molecule has 29 heavy (non-hydrogen) atoms. The minimum atomic E-state index is 0.654. The highest BCUT2D eigenvalue weighted by Crippen LogP contribution is 2.23. The van der Waals surface area contributed by atoms with Gasteiger partial charge in [-0.3, -0.25) is 10.3 Å². The molecule has 0 saturated carbocycles. The zero-order chi connectivity index (χ0) is 20.4. The number of nitrogens with zero attached hydrogens (tertiary/aromatic N) is 4. The summed E-state index contributed by atoms with van der Waals surface area (Å²) in [5.74, 6) is 0.980. The van der Waals surface area contributed by atoms with Crippen LogP contribution in [0.25, 0.3) is 22.4 Å². The van der Waals surface area contributed by atoms with Gasteiger partial charge in [-0.25, -0.2) is 9.67 Å². The summed E-state index contributed by atoms with van der Waals surface area (Å²) in [6.07, 6.45) is 2.45. The number of benzene rings is 2.